The van der Waals surface area contributed by atoms with Crippen molar-refractivity contribution in [2.24, 2.45) is 0 Å². The Morgan fingerprint density at radius 2 is 1.38 bits per heavy atom. The first-order chi connectivity index (χ1) is 20.7. The van der Waals surface area contributed by atoms with E-state index in [0.717, 1.165) is 36.3 Å². The largest absolute Gasteiger partial charge is 0.493 e. The normalized spacial score (nSPS) is 11.2. The number of nitrogens with zero attached hydrogens (tertiary/aromatic N) is 2. The van der Waals surface area contributed by atoms with Crippen molar-refractivity contribution in [3.8, 4) is 11.5 Å². The second-order valence-corrected chi connectivity index (χ2v) is 11.6. The van der Waals surface area contributed by atoms with Gasteiger partial charge in [0.15, 0.2) is 11.5 Å². The van der Waals surface area contributed by atoms with Crippen molar-refractivity contribution in [3.05, 3.63) is 53.9 Å². The number of amides is 1. The molecule has 0 aliphatic rings. The minimum atomic E-state index is 0.0122. The number of ether oxygens (including phenoxy) is 2. The van der Waals surface area contributed by atoms with Crippen molar-refractivity contribution in [2.45, 2.75) is 123 Å². The molecule has 42 heavy (non-hydrogen) atoms. The molecule has 1 aromatic heterocycles. The number of fused-ring (bicyclic) bond motifs is 1. The monoisotopic (exact) mass is 577 g/mol. The molecule has 0 spiro atoms. The molecule has 0 bridgehead atoms. The fraction of sp³-hybridized carbons (Fsp3) is 0.611. The molecule has 6 heteroatoms. The van der Waals surface area contributed by atoms with E-state index in [1.165, 1.54) is 95.4 Å². The lowest BCUT2D eigenvalue weighted by Gasteiger charge is -2.11. The van der Waals surface area contributed by atoms with Gasteiger partial charge in [0.2, 0.25) is 5.91 Å². The number of methoxy groups -OCH3 is 2. The summed E-state index contributed by atoms with van der Waals surface area (Å²) in [7, 11) is 3.22. The van der Waals surface area contributed by atoms with Gasteiger partial charge < -0.3 is 19.4 Å². The highest BCUT2D eigenvalue weighted by Crippen LogP contribution is 2.27. The van der Waals surface area contributed by atoms with Gasteiger partial charge in [-0.2, -0.15) is 0 Å². The van der Waals surface area contributed by atoms with Crippen molar-refractivity contribution >= 4 is 16.9 Å². The standard InChI is InChI=1S/C36H55N3O3/c1-4-5-6-7-8-9-10-11-12-13-14-15-16-19-27-39-32-22-18-17-21-31(32)38-35(39)23-20-26-37-36(40)29-30-24-25-33(41-2)34(28-30)42-3/h17-18,21-22,24-25,28H,4-16,19-20,23,26-27,29H2,1-3H3,(H,37,40). The van der Waals surface area contributed by atoms with Crippen LogP contribution >= 0.6 is 0 Å². The number of nitrogens with one attached hydrogen (secondary N) is 1. The first-order valence-corrected chi connectivity index (χ1v) is 16.6. The van der Waals surface area contributed by atoms with Gasteiger partial charge in [0.25, 0.3) is 0 Å². The fourth-order valence-electron chi connectivity index (χ4n) is 5.74. The van der Waals surface area contributed by atoms with Crippen LogP contribution in [0.1, 0.15) is 115 Å². The second-order valence-electron chi connectivity index (χ2n) is 11.6. The van der Waals surface area contributed by atoms with Gasteiger partial charge in [-0.05, 0) is 42.7 Å². The molecule has 0 unspecified atom stereocenters. The molecule has 1 amide bonds. The minimum absolute atomic E-state index is 0.0122. The predicted octanol–water partition coefficient (Wildman–Crippen LogP) is 8.83. The van der Waals surface area contributed by atoms with Gasteiger partial charge >= 0.3 is 0 Å². The fourth-order valence-corrected chi connectivity index (χ4v) is 5.74. The Hall–Kier alpha value is -3.02. The number of carbonyl (C=O) groups is 1. The Morgan fingerprint density at radius 1 is 0.762 bits per heavy atom. The van der Waals surface area contributed by atoms with E-state index in [0.29, 0.717) is 24.5 Å². The first-order valence-electron chi connectivity index (χ1n) is 16.6. The maximum Gasteiger partial charge on any atom is 0.224 e. The number of aromatic nitrogens is 2. The molecule has 3 aromatic rings. The van der Waals surface area contributed by atoms with E-state index >= 15 is 0 Å². The summed E-state index contributed by atoms with van der Waals surface area (Å²) >= 11 is 0. The molecule has 3 rings (SSSR count). The third-order valence-corrected chi connectivity index (χ3v) is 8.18. The molecular formula is C36H55N3O3. The van der Waals surface area contributed by atoms with Gasteiger partial charge in [0.05, 0.1) is 31.7 Å². The zero-order chi connectivity index (χ0) is 29.8. The SMILES string of the molecule is CCCCCCCCCCCCCCCCn1c(CCCNC(=O)Cc2ccc(OC)c(OC)c2)nc2ccccc21. The first kappa shape index (κ1) is 33.5. The Morgan fingerprint density at radius 3 is 2.02 bits per heavy atom. The van der Waals surface area contributed by atoms with Gasteiger partial charge in [-0.25, -0.2) is 4.98 Å². The molecular weight excluding hydrogens is 522 g/mol. The number of imidazole rings is 1. The highest BCUT2D eigenvalue weighted by atomic mass is 16.5. The zero-order valence-electron chi connectivity index (χ0n) is 26.6. The molecule has 1 N–H and O–H groups in total. The number of unbranched alkanes of at least 4 members (excludes halogenated alkanes) is 13. The van der Waals surface area contributed by atoms with Crippen molar-refractivity contribution < 1.29 is 14.3 Å². The van der Waals surface area contributed by atoms with Crippen LogP contribution in [0.4, 0.5) is 0 Å². The maximum absolute atomic E-state index is 12.5. The summed E-state index contributed by atoms with van der Waals surface area (Å²) < 4.78 is 13.0. The van der Waals surface area contributed by atoms with E-state index in [2.05, 4.69) is 41.1 Å². The van der Waals surface area contributed by atoms with E-state index in [4.69, 9.17) is 14.5 Å². The molecule has 0 saturated heterocycles. The molecule has 0 fully saturated rings. The summed E-state index contributed by atoms with van der Waals surface area (Å²) in [5.74, 6) is 2.44. The number of hydrogen-bond acceptors (Lipinski definition) is 4. The summed E-state index contributed by atoms with van der Waals surface area (Å²) in [5.41, 5.74) is 3.19. The lowest BCUT2D eigenvalue weighted by molar-refractivity contribution is -0.120. The average molecular weight is 578 g/mol. The Labute approximate surface area is 254 Å². The Bertz CT molecular complexity index is 1170. The van der Waals surface area contributed by atoms with E-state index in [1.807, 2.05) is 18.2 Å². The highest BCUT2D eigenvalue weighted by Gasteiger charge is 2.11. The number of para-hydroxylation sites is 2. The van der Waals surface area contributed by atoms with Crippen LogP contribution in [-0.2, 0) is 24.2 Å². The van der Waals surface area contributed by atoms with E-state index in [-0.39, 0.29) is 5.91 Å². The van der Waals surface area contributed by atoms with Crippen LogP contribution in [0.2, 0.25) is 0 Å². The van der Waals surface area contributed by atoms with E-state index in [1.54, 1.807) is 14.2 Å². The number of rotatable bonds is 23. The second kappa shape index (κ2) is 20.0. The average Bonchev–Trinajstić information content (AvgIpc) is 3.36. The van der Waals surface area contributed by atoms with Gasteiger partial charge in [-0.15, -0.1) is 0 Å². The molecule has 0 aliphatic carbocycles. The molecule has 0 radical (unpaired) electrons. The van der Waals surface area contributed by atoms with Crippen molar-refractivity contribution in [3.63, 3.8) is 0 Å². The van der Waals surface area contributed by atoms with Crippen molar-refractivity contribution in [1.82, 2.24) is 14.9 Å². The number of carbonyl (C=O) groups excluding carboxylic acids is 1. The molecule has 0 atom stereocenters. The van der Waals surface area contributed by atoms with Crippen molar-refractivity contribution in [2.75, 3.05) is 20.8 Å². The van der Waals surface area contributed by atoms with Gasteiger partial charge in [0, 0.05) is 19.5 Å². The van der Waals surface area contributed by atoms with Crippen LogP contribution in [-0.4, -0.2) is 36.2 Å². The minimum Gasteiger partial charge on any atom is -0.493 e. The summed E-state index contributed by atoms with van der Waals surface area (Å²) in [4.78, 5) is 17.5. The predicted molar refractivity (Wildman–Crippen MR) is 175 cm³/mol. The molecule has 2 aromatic carbocycles. The summed E-state index contributed by atoms with van der Waals surface area (Å²) in [5, 5.41) is 3.07. The summed E-state index contributed by atoms with van der Waals surface area (Å²) in [6.07, 6.45) is 21.2. The van der Waals surface area contributed by atoms with Crippen LogP contribution < -0.4 is 14.8 Å². The number of aryl methyl sites for hydroxylation is 2. The summed E-state index contributed by atoms with van der Waals surface area (Å²) in [6, 6.07) is 14.0. The summed E-state index contributed by atoms with van der Waals surface area (Å²) in [6.45, 7) is 3.93. The number of hydrogen-bond donors (Lipinski definition) is 1. The van der Waals surface area contributed by atoms with E-state index in [9.17, 15) is 4.79 Å². The Kier molecular flexibility index (Phi) is 15.9. The highest BCUT2D eigenvalue weighted by molar-refractivity contribution is 5.78. The van der Waals surface area contributed by atoms with Crippen LogP contribution in [0.25, 0.3) is 11.0 Å². The molecule has 232 valence electrons. The van der Waals surface area contributed by atoms with E-state index < -0.39 is 0 Å². The quantitative estimate of drug-likeness (QED) is 0.114. The van der Waals surface area contributed by atoms with Crippen LogP contribution in [0.3, 0.4) is 0 Å². The van der Waals surface area contributed by atoms with Crippen molar-refractivity contribution in [1.29, 1.82) is 0 Å². The van der Waals surface area contributed by atoms with Gasteiger partial charge in [-0.1, -0.05) is 109 Å². The lowest BCUT2D eigenvalue weighted by Crippen LogP contribution is -2.26. The molecule has 0 aliphatic heterocycles. The van der Waals surface area contributed by atoms with Crippen LogP contribution in [0, 0.1) is 0 Å². The molecule has 1 heterocycles. The van der Waals surface area contributed by atoms with Gasteiger partial charge in [0.1, 0.15) is 5.82 Å². The molecule has 6 nitrogen and oxygen atoms in total. The topological polar surface area (TPSA) is 65.4 Å². The molecule has 0 saturated carbocycles. The Balaban J connectivity index is 1.33. The third-order valence-electron chi connectivity index (χ3n) is 8.18. The third kappa shape index (κ3) is 11.7. The zero-order valence-corrected chi connectivity index (χ0v) is 26.6. The van der Waals surface area contributed by atoms with Crippen LogP contribution in [0.5, 0.6) is 11.5 Å². The number of benzene rings is 2. The van der Waals surface area contributed by atoms with Gasteiger partial charge in [-0.3, -0.25) is 4.79 Å². The maximum atomic E-state index is 12.5. The smallest absolute Gasteiger partial charge is 0.224 e. The lowest BCUT2D eigenvalue weighted by atomic mass is 10.0. The van der Waals surface area contributed by atoms with Crippen LogP contribution in [0.15, 0.2) is 42.5 Å².